The van der Waals surface area contributed by atoms with Crippen molar-refractivity contribution in [3.05, 3.63) is 0 Å². The molecule has 0 aromatic rings. The maximum atomic E-state index is 12.0. The molecule has 2 aliphatic rings. The summed E-state index contributed by atoms with van der Waals surface area (Å²) in [6, 6.07) is 0.349. The van der Waals surface area contributed by atoms with E-state index in [9.17, 15) is 4.79 Å². The Labute approximate surface area is 122 Å². The van der Waals surface area contributed by atoms with Gasteiger partial charge >= 0.3 is 5.97 Å². The standard InChI is InChI=1S/C15H29N3O2/c1-3-20-15(19)14(16-13-6-7-13)12-17(2)10-11-18-8-4-5-9-18/h13-14,16H,3-12H2,1-2H3. The van der Waals surface area contributed by atoms with Gasteiger partial charge in [-0.2, -0.15) is 0 Å². The van der Waals surface area contributed by atoms with Gasteiger partial charge in [0, 0.05) is 25.7 Å². The molecule has 1 aliphatic heterocycles. The van der Waals surface area contributed by atoms with Crippen LogP contribution in [0.5, 0.6) is 0 Å². The summed E-state index contributed by atoms with van der Waals surface area (Å²) < 4.78 is 5.17. The molecule has 0 bridgehead atoms. The molecule has 2 rings (SSSR count). The van der Waals surface area contributed by atoms with Crippen LogP contribution in [0.25, 0.3) is 0 Å². The van der Waals surface area contributed by atoms with Crippen molar-refractivity contribution in [3.63, 3.8) is 0 Å². The number of nitrogens with zero attached hydrogens (tertiary/aromatic N) is 2. The summed E-state index contributed by atoms with van der Waals surface area (Å²) in [6.45, 7) is 7.65. The SMILES string of the molecule is CCOC(=O)C(CN(C)CCN1CCCC1)NC1CC1. The molecule has 5 heteroatoms. The van der Waals surface area contributed by atoms with E-state index >= 15 is 0 Å². The number of likely N-dealkylation sites (N-methyl/N-ethyl adjacent to an activating group) is 1. The summed E-state index contributed by atoms with van der Waals surface area (Å²) >= 11 is 0. The van der Waals surface area contributed by atoms with Gasteiger partial charge in [-0.1, -0.05) is 0 Å². The van der Waals surface area contributed by atoms with E-state index in [1.807, 2.05) is 6.92 Å². The van der Waals surface area contributed by atoms with Gasteiger partial charge in [0.2, 0.25) is 0 Å². The predicted molar refractivity (Wildman–Crippen MR) is 79.7 cm³/mol. The van der Waals surface area contributed by atoms with Crippen LogP contribution in [0, 0.1) is 0 Å². The van der Waals surface area contributed by atoms with Gasteiger partial charge < -0.3 is 19.9 Å². The minimum atomic E-state index is -0.175. The summed E-state index contributed by atoms with van der Waals surface area (Å²) in [5.74, 6) is -0.104. The highest BCUT2D eigenvalue weighted by Gasteiger charge is 2.30. The first-order valence-corrected chi connectivity index (χ1v) is 8.02. The second-order valence-corrected chi connectivity index (χ2v) is 6.06. The zero-order chi connectivity index (χ0) is 14.4. The van der Waals surface area contributed by atoms with Gasteiger partial charge in [-0.15, -0.1) is 0 Å². The topological polar surface area (TPSA) is 44.8 Å². The summed E-state index contributed by atoms with van der Waals surface area (Å²) in [6.07, 6.45) is 5.04. The molecule has 1 unspecified atom stereocenters. The predicted octanol–water partition coefficient (Wildman–Crippen LogP) is 0.698. The highest BCUT2D eigenvalue weighted by molar-refractivity contribution is 5.76. The van der Waals surface area contributed by atoms with E-state index in [2.05, 4.69) is 22.2 Å². The second-order valence-electron chi connectivity index (χ2n) is 6.06. The van der Waals surface area contributed by atoms with E-state index in [1.54, 1.807) is 0 Å². The van der Waals surface area contributed by atoms with Crippen LogP contribution >= 0.6 is 0 Å². The van der Waals surface area contributed by atoms with E-state index in [-0.39, 0.29) is 12.0 Å². The highest BCUT2D eigenvalue weighted by Crippen LogP contribution is 2.19. The van der Waals surface area contributed by atoms with Crippen molar-refractivity contribution >= 4 is 5.97 Å². The maximum absolute atomic E-state index is 12.0. The fraction of sp³-hybridized carbons (Fsp3) is 0.933. The van der Waals surface area contributed by atoms with E-state index in [0.717, 1.165) is 19.6 Å². The summed E-state index contributed by atoms with van der Waals surface area (Å²) in [5, 5.41) is 3.40. The molecule has 0 amide bonds. The molecular formula is C15H29N3O2. The Morgan fingerprint density at radius 1 is 1.40 bits per heavy atom. The number of hydrogen-bond acceptors (Lipinski definition) is 5. The van der Waals surface area contributed by atoms with Crippen LogP contribution in [0.1, 0.15) is 32.6 Å². The Hall–Kier alpha value is -0.650. The summed E-state index contributed by atoms with van der Waals surface area (Å²) in [5.41, 5.74) is 0. The Morgan fingerprint density at radius 3 is 2.70 bits per heavy atom. The Balaban J connectivity index is 1.71. The summed E-state index contributed by atoms with van der Waals surface area (Å²) in [7, 11) is 2.09. The monoisotopic (exact) mass is 283 g/mol. The highest BCUT2D eigenvalue weighted by atomic mass is 16.5. The first kappa shape index (κ1) is 15.7. The van der Waals surface area contributed by atoms with Crippen LogP contribution in [0.15, 0.2) is 0 Å². The molecule has 1 aliphatic carbocycles. The lowest BCUT2D eigenvalue weighted by Gasteiger charge is -2.25. The number of rotatable bonds is 9. The van der Waals surface area contributed by atoms with E-state index in [0.29, 0.717) is 12.6 Å². The molecular weight excluding hydrogens is 254 g/mol. The molecule has 1 saturated carbocycles. The van der Waals surface area contributed by atoms with E-state index < -0.39 is 0 Å². The molecule has 0 spiro atoms. The fourth-order valence-corrected chi connectivity index (χ4v) is 2.69. The molecule has 0 aromatic heterocycles. The van der Waals surface area contributed by atoms with Gasteiger partial charge in [0.15, 0.2) is 0 Å². The average Bonchev–Trinajstić information content (AvgIpc) is 3.08. The Kier molecular flexibility index (Phi) is 6.26. The number of ether oxygens (including phenoxy) is 1. The third-order valence-corrected chi connectivity index (χ3v) is 4.08. The molecule has 1 atom stereocenters. The number of likely N-dealkylation sites (tertiary alicyclic amines) is 1. The second kappa shape index (κ2) is 7.96. The van der Waals surface area contributed by atoms with Crippen molar-refractivity contribution in [3.8, 4) is 0 Å². The van der Waals surface area contributed by atoms with Crippen LogP contribution < -0.4 is 5.32 Å². The van der Waals surface area contributed by atoms with Crippen LogP contribution in [-0.4, -0.2) is 74.2 Å². The maximum Gasteiger partial charge on any atom is 0.324 e. The lowest BCUT2D eigenvalue weighted by molar-refractivity contribution is -0.146. The fourth-order valence-electron chi connectivity index (χ4n) is 2.69. The molecule has 1 N–H and O–H groups in total. The number of carbonyl (C=O) groups is 1. The Bertz CT molecular complexity index is 301. The lowest BCUT2D eigenvalue weighted by Crippen LogP contribution is -2.48. The number of carbonyl (C=O) groups excluding carboxylic acids is 1. The average molecular weight is 283 g/mol. The molecule has 5 nitrogen and oxygen atoms in total. The molecule has 0 aromatic carbocycles. The third kappa shape index (κ3) is 5.38. The first-order valence-electron chi connectivity index (χ1n) is 8.02. The molecule has 2 fully saturated rings. The minimum Gasteiger partial charge on any atom is -0.465 e. The van der Waals surface area contributed by atoms with Crippen molar-refractivity contribution in [2.75, 3.05) is 46.4 Å². The minimum absolute atomic E-state index is 0.104. The van der Waals surface area contributed by atoms with Crippen molar-refractivity contribution in [1.82, 2.24) is 15.1 Å². The van der Waals surface area contributed by atoms with Gasteiger partial charge in [-0.3, -0.25) is 4.79 Å². The number of esters is 1. The lowest BCUT2D eigenvalue weighted by atomic mass is 10.2. The van der Waals surface area contributed by atoms with Crippen LogP contribution in [0.2, 0.25) is 0 Å². The van der Waals surface area contributed by atoms with Gasteiger partial charge in [-0.25, -0.2) is 0 Å². The third-order valence-electron chi connectivity index (χ3n) is 4.08. The zero-order valence-corrected chi connectivity index (χ0v) is 12.9. The smallest absolute Gasteiger partial charge is 0.324 e. The van der Waals surface area contributed by atoms with Crippen molar-refractivity contribution in [2.45, 2.75) is 44.7 Å². The van der Waals surface area contributed by atoms with Gasteiger partial charge in [0.1, 0.15) is 6.04 Å². The van der Waals surface area contributed by atoms with Crippen molar-refractivity contribution in [2.24, 2.45) is 0 Å². The zero-order valence-electron chi connectivity index (χ0n) is 12.9. The van der Waals surface area contributed by atoms with Gasteiger partial charge in [0.25, 0.3) is 0 Å². The normalized spacial score (nSPS) is 21.4. The molecule has 0 radical (unpaired) electrons. The van der Waals surface area contributed by atoms with Crippen LogP contribution in [0.3, 0.4) is 0 Å². The summed E-state index contributed by atoms with van der Waals surface area (Å²) in [4.78, 5) is 16.7. The largest absolute Gasteiger partial charge is 0.465 e. The van der Waals surface area contributed by atoms with Crippen LogP contribution in [0.4, 0.5) is 0 Å². The van der Waals surface area contributed by atoms with E-state index in [1.165, 1.54) is 38.8 Å². The van der Waals surface area contributed by atoms with Crippen molar-refractivity contribution in [1.29, 1.82) is 0 Å². The van der Waals surface area contributed by atoms with Gasteiger partial charge in [0.05, 0.1) is 6.61 Å². The molecule has 1 heterocycles. The molecule has 1 saturated heterocycles. The quantitative estimate of drug-likeness (QED) is 0.631. The van der Waals surface area contributed by atoms with E-state index in [4.69, 9.17) is 4.74 Å². The van der Waals surface area contributed by atoms with Gasteiger partial charge in [-0.05, 0) is 52.7 Å². The number of hydrogen-bond donors (Lipinski definition) is 1. The first-order chi connectivity index (χ1) is 9.69. The molecule has 116 valence electrons. The van der Waals surface area contributed by atoms with Crippen molar-refractivity contribution < 1.29 is 9.53 Å². The molecule has 20 heavy (non-hydrogen) atoms. The van der Waals surface area contributed by atoms with Crippen LogP contribution in [-0.2, 0) is 9.53 Å². The number of nitrogens with one attached hydrogen (secondary N) is 1. The Morgan fingerprint density at radius 2 is 2.10 bits per heavy atom.